The Morgan fingerprint density at radius 1 is 1.19 bits per heavy atom. The van der Waals surface area contributed by atoms with Crippen molar-refractivity contribution >= 4 is 33.0 Å². The van der Waals surface area contributed by atoms with Crippen LogP contribution >= 0.6 is 27.3 Å². The molecule has 0 unspecified atom stereocenters. The Bertz CT molecular complexity index is 1020. The topological polar surface area (TPSA) is 34.1 Å². The quantitative estimate of drug-likeness (QED) is 0.518. The average Bonchev–Trinajstić information content (AvgIpc) is 3.38. The number of nitrogens with zero attached hydrogens (tertiary/aromatic N) is 2. The summed E-state index contributed by atoms with van der Waals surface area (Å²) in [5, 5.41) is 9.17. The van der Waals surface area contributed by atoms with E-state index in [1.807, 2.05) is 30.3 Å². The fraction of sp³-hybridized carbons (Fsp3) is 0.190. The summed E-state index contributed by atoms with van der Waals surface area (Å²) in [5.41, 5.74) is 3.31. The average molecular weight is 441 g/mol. The van der Waals surface area contributed by atoms with Gasteiger partial charge in [0.05, 0.1) is 23.7 Å². The van der Waals surface area contributed by atoms with Gasteiger partial charge in [0.1, 0.15) is 11.5 Å². The normalized spacial score (nSPS) is 20.5. The van der Waals surface area contributed by atoms with Crippen molar-refractivity contribution in [3.63, 3.8) is 0 Å². The molecular weight excluding hydrogens is 424 g/mol. The van der Waals surface area contributed by atoms with Gasteiger partial charge in [-0.3, -0.25) is 0 Å². The summed E-state index contributed by atoms with van der Waals surface area (Å²) in [4.78, 5) is 1.16. The standard InChI is InChI=1S/C21H17BrN2O2S/c1-25-15-5-2-4-13(10-15)17-12-18-16-11-14(22)7-8-19(16)26-21(24(18)23-17)20-6-3-9-27-20/h2-11,18,21H,12H2,1H3/t18-,21+/m1/s1. The lowest BCUT2D eigenvalue weighted by atomic mass is 9.96. The first-order chi connectivity index (χ1) is 13.2. The molecule has 0 radical (unpaired) electrons. The zero-order chi connectivity index (χ0) is 18.4. The molecular formula is C21H17BrN2O2S. The Morgan fingerprint density at radius 3 is 2.93 bits per heavy atom. The monoisotopic (exact) mass is 440 g/mol. The molecule has 5 rings (SSSR count). The van der Waals surface area contributed by atoms with E-state index in [2.05, 4.69) is 50.6 Å². The van der Waals surface area contributed by atoms with Gasteiger partial charge in [0, 0.05) is 22.0 Å². The zero-order valence-corrected chi connectivity index (χ0v) is 17.0. The van der Waals surface area contributed by atoms with E-state index in [0.29, 0.717) is 0 Å². The molecule has 3 heterocycles. The molecule has 4 nitrogen and oxygen atoms in total. The summed E-state index contributed by atoms with van der Waals surface area (Å²) in [6.07, 6.45) is 0.633. The van der Waals surface area contributed by atoms with Crippen molar-refractivity contribution in [2.24, 2.45) is 5.10 Å². The Kier molecular flexibility index (Phi) is 4.17. The number of hydrogen-bond donors (Lipinski definition) is 0. The predicted molar refractivity (Wildman–Crippen MR) is 111 cm³/mol. The van der Waals surface area contributed by atoms with Gasteiger partial charge in [-0.05, 0) is 41.8 Å². The third-order valence-corrected chi connectivity index (χ3v) is 6.34. The number of fused-ring (bicyclic) bond motifs is 3. The highest BCUT2D eigenvalue weighted by Gasteiger charge is 2.41. The molecule has 0 N–H and O–H groups in total. The van der Waals surface area contributed by atoms with Crippen LogP contribution in [0.5, 0.6) is 11.5 Å². The molecule has 27 heavy (non-hydrogen) atoms. The second-order valence-electron chi connectivity index (χ2n) is 6.55. The molecule has 2 aromatic carbocycles. The summed E-state index contributed by atoms with van der Waals surface area (Å²) in [6.45, 7) is 0. The molecule has 0 fully saturated rings. The Labute approximate surface area is 170 Å². The second-order valence-corrected chi connectivity index (χ2v) is 8.44. The molecule has 136 valence electrons. The number of hydrazone groups is 1. The predicted octanol–water partition coefficient (Wildman–Crippen LogP) is 5.76. The highest BCUT2D eigenvalue weighted by atomic mass is 79.9. The van der Waals surface area contributed by atoms with Gasteiger partial charge in [-0.25, -0.2) is 5.01 Å². The molecule has 3 aromatic rings. The third-order valence-electron chi connectivity index (χ3n) is 4.94. The van der Waals surface area contributed by atoms with E-state index >= 15 is 0 Å². The number of ether oxygens (including phenoxy) is 2. The van der Waals surface area contributed by atoms with E-state index in [4.69, 9.17) is 14.6 Å². The first-order valence-electron chi connectivity index (χ1n) is 8.72. The molecule has 1 aromatic heterocycles. The number of rotatable bonds is 3. The molecule has 0 spiro atoms. The molecule has 0 aliphatic carbocycles. The van der Waals surface area contributed by atoms with Crippen molar-refractivity contribution in [3.05, 3.63) is 80.5 Å². The number of benzene rings is 2. The van der Waals surface area contributed by atoms with Crippen molar-refractivity contribution in [1.29, 1.82) is 0 Å². The van der Waals surface area contributed by atoms with Crippen LogP contribution in [0.15, 0.2) is 69.6 Å². The van der Waals surface area contributed by atoms with E-state index in [0.717, 1.165) is 38.5 Å². The summed E-state index contributed by atoms with van der Waals surface area (Å²) in [7, 11) is 1.69. The summed E-state index contributed by atoms with van der Waals surface area (Å²) in [5.74, 6) is 1.77. The van der Waals surface area contributed by atoms with E-state index in [-0.39, 0.29) is 12.3 Å². The van der Waals surface area contributed by atoms with E-state index in [9.17, 15) is 0 Å². The van der Waals surface area contributed by atoms with Crippen LogP contribution < -0.4 is 9.47 Å². The fourth-order valence-electron chi connectivity index (χ4n) is 3.65. The number of halogens is 1. The number of hydrogen-bond acceptors (Lipinski definition) is 5. The molecule has 0 amide bonds. The van der Waals surface area contributed by atoms with E-state index in [1.165, 1.54) is 5.56 Å². The minimum atomic E-state index is -0.202. The maximum Gasteiger partial charge on any atom is 0.222 e. The fourth-order valence-corrected chi connectivity index (χ4v) is 4.78. The van der Waals surface area contributed by atoms with Gasteiger partial charge < -0.3 is 9.47 Å². The minimum Gasteiger partial charge on any atom is -0.497 e. The van der Waals surface area contributed by atoms with Crippen molar-refractivity contribution < 1.29 is 9.47 Å². The molecule has 2 aliphatic heterocycles. The van der Waals surface area contributed by atoms with Gasteiger partial charge in [-0.2, -0.15) is 5.10 Å². The largest absolute Gasteiger partial charge is 0.497 e. The van der Waals surface area contributed by atoms with Crippen LogP contribution in [-0.4, -0.2) is 17.8 Å². The first-order valence-corrected chi connectivity index (χ1v) is 10.4. The van der Waals surface area contributed by atoms with Crippen molar-refractivity contribution in [2.45, 2.75) is 18.7 Å². The molecule has 0 saturated carbocycles. The highest BCUT2D eigenvalue weighted by molar-refractivity contribution is 9.10. The van der Waals surface area contributed by atoms with Gasteiger partial charge in [-0.15, -0.1) is 11.3 Å². The van der Waals surface area contributed by atoms with Crippen LogP contribution in [0.3, 0.4) is 0 Å². The van der Waals surface area contributed by atoms with Crippen molar-refractivity contribution in [2.75, 3.05) is 7.11 Å². The van der Waals surface area contributed by atoms with Crippen LogP contribution in [0.2, 0.25) is 0 Å². The minimum absolute atomic E-state index is 0.152. The molecule has 2 aliphatic rings. The Morgan fingerprint density at radius 2 is 2.11 bits per heavy atom. The molecule has 0 saturated heterocycles. The number of thiophene rings is 1. The van der Waals surface area contributed by atoms with Crippen molar-refractivity contribution in [1.82, 2.24) is 5.01 Å². The highest BCUT2D eigenvalue weighted by Crippen LogP contribution is 2.48. The number of methoxy groups -OCH3 is 1. The SMILES string of the molecule is COc1cccc(C2=NN3[C@H](C2)c2cc(Br)ccc2O[C@H]3c2cccs2)c1. The third kappa shape index (κ3) is 2.93. The van der Waals surface area contributed by atoms with Crippen LogP contribution in [0, 0.1) is 0 Å². The molecule has 0 bridgehead atoms. The smallest absolute Gasteiger partial charge is 0.222 e. The summed E-state index contributed by atoms with van der Waals surface area (Å²) >= 11 is 5.29. The lowest BCUT2D eigenvalue weighted by Crippen LogP contribution is -2.33. The van der Waals surface area contributed by atoms with Crippen LogP contribution in [0.25, 0.3) is 0 Å². The van der Waals surface area contributed by atoms with Gasteiger partial charge in [0.2, 0.25) is 6.23 Å². The van der Waals surface area contributed by atoms with Crippen LogP contribution in [0.1, 0.15) is 34.7 Å². The summed E-state index contributed by atoms with van der Waals surface area (Å²) < 4.78 is 12.8. The maximum atomic E-state index is 6.36. The van der Waals surface area contributed by atoms with Crippen molar-refractivity contribution in [3.8, 4) is 11.5 Å². The van der Waals surface area contributed by atoms with E-state index in [1.54, 1.807) is 18.4 Å². The van der Waals surface area contributed by atoms with Gasteiger partial charge >= 0.3 is 0 Å². The van der Waals surface area contributed by atoms with Gasteiger partial charge in [-0.1, -0.05) is 34.1 Å². The Hall–Kier alpha value is -2.31. The lowest BCUT2D eigenvalue weighted by Gasteiger charge is -2.37. The second kappa shape index (κ2) is 6.69. The van der Waals surface area contributed by atoms with Crippen LogP contribution in [0.4, 0.5) is 0 Å². The van der Waals surface area contributed by atoms with Gasteiger partial charge in [0.15, 0.2) is 0 Å². The van der Waals surface area contributed by atoms with Crippen LogP contribution in [-0.2, 0) is 0 Å². The Balaban J connectivity index is 1.59. The molecule has 2 atom stereocenters. The first kappa shape index (κ1) is 16.8. The van der Waals surface area contributed by atoms with E-state index < -0.39 is 0 Å². The van der Waals surface area contributed by atoms with Gasteiger partial charge in [0.25, 0.3) is 0 Å². The lowest BCUT2D eigenvalue weighted by molar-refractivity contribution is -0.0166. The zero-order valence-electron chi connectivity index (χ0n) is 14.6. The summed E-state index contributed by atoms with van der Waals surface area (Å²) in [6, 6.07) is 18.6. The maximum absolute atomic E-state index is 6.36. The molecule has 6 heteroatoms.